The normalized spacial score (nSPS) is 10.7. The molecule has 0 aliphatic heterocycles. The summed E-state index contributed by atoms with van der Waals surface area (Å²) < 4.78 is 1.17. The van der Waals surface area contributed by atoms with Crippen molar-refractivity contribution in [3.8, 4) is 0 Å². The standard InChI is InChI=1S/C12H13NOS2/c1-8-5-9(2)13-11(6-8)16-12-4-3-10(7-14)15-12/h3-6,14H,7H2,1-2H3. The van der Waals surface area contributed by atoms with Crippen molar-refractivity contribution in [1.82, 2.24) is 4.98 Å². The molecule has 2 aromatic heterocycles. The topological polar surface area (TPSA) is 33.1 Å². The van der Waals surface area contributed by atoms with Crippen LogP contribution in [0.25, 0.3) is 0 Å². The first-order chi connectivity index (χ1) is 7.67. The number of rotatable bonds is 3. The minimum absolute atomic E-state index is 0.117. The highest BCUT2D eigenvalue weighted by Gasteiger charge is 2.04. The van der Waals surface area contributed by atoms with Gasteiger partial charge in [-0.3, -0.25) is 0 Å². The Labute approximate surface area is 103 Å². The molecule has 16 heavy (non-hydrogen) atoms. The molecule has 0 aromatic carbocycles. The van der Waals surface area contributed by atoms with Crippen LogP contribution in [-0.4, -0.2) is 10.1 Å². The third kappa shape index (κ3) is 2.84. The van der Waals surface area contributed by atoms with E-state index < -0.39 is 0 Å². The molecular weight excluding hydrogens is 238 g/mol. The van der Waals surface area contributed by atoms with Gasteiger partial charge in [0.15, 0.2) is 0 Å². The van der Waals surface area contributed by atoms with Crippen molar-refractivity contribution in [2.45, 2.75) is 29.7 Å². The Morgan fingerprint density at radius 1 is 1.31 bits per heavy atom. The molecule has 0 unspecified atom stereocenters. The Morgan fingerprint density at radius 3 is 2.75 bits per heavy atom. The fraction of sp³-hybridized carbons (Fsp3) is 0.250. The lowest BCUT2D eigenvalue weighted by atomic mass is 10.3. The van der Waals surface area contributed by atoms with Gasteiger partial charge in [0.2, 0.25) is 0 Å². The fourth-order valence-corrected chi connectivity index (χ4v) is 3.57. The number of aromatic nitrogens is 1. The van der Waals surface area contributed by atoms with Crippen LogP contribution in [-0.2, 0) is 6.61 Å². The molecule has 0 aliphatic carbocycles. The van der Waals surface area contributed by atoms with E-state index in [1.54, 1.807) is 23.1 Å². The number of pyridine rings is 1. The summed E-state index contributed by atoms with van der Waals surface area (Å²) in [5, 5.41) is 10.0. The smallest absolute Gasteiger partial charge is 0.102 e. The number of aliphatic hydroxyl groups is 1. The van der Waals surface area contributed by atoms with E-state index in [-0.39, 0.29) is 6.61 Å². The average molecular weight is 251 g/mol. The average Bonchev–Trinajstić information content (AvgIpc) is 2.64. The summed E-state index contributed by atoms with van der Waals surface area (Å²) in [5.41, 5.74) is 2.27. The van der Waals surface area contributed by atoms with Crippen LogP contribution in [0.3, 0.4) is 0 Å². The fourth-order valence-electron chi connectivity index (χ4n) is 1.46. The molecule has 2 rings (SSSR count). The van der Waals surface area contributed by atoms with Gasteiger partial charge in [0, 0.05) is 10.6 Å². The number of hydrogen-bond acceptors (Lipinski definition) is 4. The summed E-state index contributed by atoms with van der Waals surface area (Å²) in [6.45, 7) is 4.20. The number of aryl methyl sites for hydroxylation is 2. The van der Waals surface area contributed by atoms with Crippen LogP contribution in [0.2, 0.25) is 0 Å². The Hall–Kier alpha value is -0.840. The van der Waals surface area contributed by atoms with Crippen LogP contribution in [0.15, 0.2) is 33.5 Å². The molecule has 0 saturated heterocycles. The van der Waals surface area contributed by atoms with Gasteiger partial charge in [-0.1, -0.05) is 11.8 Å². The maximum Gasteiger partial charge on any atom is 0.102 e. The summed E-state index contributed by atoms with van der Waals surface area (Å²) >= 11 is 3.26. The third-order valence-electron chi connectivity index (χ3n) is 2.07. The number of thiophene rings is 1. The van der Waals surface area contributed by atoms with E-state index in [1.165, 1.54) is 9.77 Å². The SMILES string of the molecule is Cc1cc(C)nc(Sc2ccc(CO)s2)c1. The summed E-state index contributed by atoms with van der Waals surface area (Å²) in [6.07, 6.45) is 0. The molecule has 0 aliphatic rings. The van der Waals surface area contributed by atoms with Gasteiger partial charge < -0.3 is 5.11 Å². The number of aliphatic hydroxyl groups excluding tert-OH is 1. The molecule has 1 N–H and O–H groups in total. The Bertz CT molecular complexity index is 473. The molecule has 0 saturated carbocycles. The quantitative estimate of drug-likeness (QED) is 0.907. The maximum absolute atomic E-state index is 8.99. The van der Waals surface area contributed by atoms with Crippen molar-refractivity contribution in [2.24, 2.45) is 0 Å². The van der Waals surface area contributed by atoms with Gasteiger partial charge in [-0.2, -0.15) is 0 Å². The monoisotopic (exact) mass is 251 g/mol. The van der Waals surface area contributed by atoms with E-state index in [2.05, 4.69) is 24.0 Å². The van der Waals surface area contributed by atoms with Gasteiger partial charge in [0.25, 0.3) is 0 Å². The van der Waals surface area contributed by atoms with Crippen molar-refractivity contribution >= 4 is 23.1 Å². The largest absolute Gasteiger partial charge is 0.391 e. The summed E-state index contributed by atoms with van der Waals surface area (Å²) in [4.78, 5) is 5.46. The van der Waals surface area contributed by atoms with Crippen LogP contribution in [0.5, 0.6) is 0 Å². The first-order valence-corrected chi connectivity index (χ1v) is 6.63. The minimum Gasteiger partial charge on any atom is -0.391 e. The van der Waals surface area contributed by atoms with Gasteiger partial charge >= 0.3 is 0 Å². The molecule has 0 fully saturated rings. The lowest BCUT2D eigenvalue weighted by Gasteiger charge is -2.01. The second-order valence-corrected chi connectivity index (χ2v) is 6.09. The third-order valence-corrected chi connectivity index (χ3v) is 4.19. The van der Waals surface area contributed by atoms with Gasteiger partial charge in [-0.15, -0.1) is 11.3 Å². The molecule has 2 heterocycles. The van der Waals surface area contributed by atoms with Gasteiger partial charge in [0.05, 0.1) is 10.8 Å². The Kier molecular flexibility index (Phi) is 3.63. The van der Waals surface area contributed by atoms with Crippen LogP contribution < -0.4 is 0 Å². The van der Waals surface area contributed by atoms with Gasteiger partial charge in [0.1, 0.15) is 5.03 Å². The number of hydrogen-bond donors (Lipinski definition) is 1. The van der Waals surface area contributed by atoms with Gasteiger partial charge in [-0.25, -0.2) is 4.98 Å². The molecule has 2 nitrogen and oxygen atoms in total. The highest BCUT2D eigenvalue weighted by atomic mass is 32.2. The highest BCUT2D eigenvalue weighted by Crippen LogP contribution is 2.32. The van der Waals surface area contributed by atoms with E-state index >= 15 is 0 Å². The summed E-state index contributed by atoms with van der Waals surface area (Å²) in [6, 6.07) is 8.13. The second-order valence-electron chi connectivity index (χ2n) is 3.61. The van der Waals surface area contributed by atoms with Crippen LogP contribution in [0, 0.1) is 13.8 Å². The lowest BCUT2D eigenvalue weighted by molar-refractivity contribution is 0.285. The molecule has 0 radical (unpaired) electrons. The summed E-state index contributed by atoms with van der Waals surface area (Å²) in [5.74, 6) is 0. The van der Waals surface area contributed by atoms with Crippen molar-refractivity contribution in [1.29, 1.82) is 0 Å². The highest BCUT2D eigenvalue weighted by molar-refractivity contribution is 8.01. The zero-order chi connectivity index (χ0) is 11.5. The molecular formula is C12H13NOS2. The predicted molar refractivity (Wildman–Crippen MR) is 68.1 cm³/mol. The van der Waals surface area contributed by atoms with Crippen molar-refractivity contribution in [3.05, 3.63) is 40.4 Å². The molecule has 0 amide bonds. The van der Waals surface area contributed by atoms with Crippen molar-refractivity contribution in [3.63, 3.8) is 0 Å². The minimum atomic E-state index is 0.117. The van der Waals surface area contributed by atoms with E-state index in [0.717, 1.165) is 15.6 Å². The molecule has 0 bridgehead atoms. The van der Waals surface area contributed by atoms with Gasteiger partial charge in [-0.05, 0) is 43.7 Å². The summed E-state index contributed by atoms with van der Waals surface area (Å²) in [7, 11) is 0. The molecule has 2 aromatic rings. The van der Waals surface area contributed by atoms with Crippen molar-refractivity contribution in [2.75, 3.05) is 0 Å². The van der Waals surface area contributed by atoms with E-state index in [1.807, 2.05) is 19.1 Å². The predicted octanol–water partition coefficient (Wildman–Crippen LogP) is 3.40. The molecule has 4 heteroatoms. The Morgan fingerprint density at radius 2 is 2.12 bits per heavy atom. The van der Waals surface area contributed by atoms with Crippen LogP contribution >= 0.6 is 23.1 Å². The zero-order valence-corrected chi connectivity index (χ0v) is 10.9. The Balaban J connectivity index is 2.19. The second kappa shape index (κ2) is 4.99. The van der Waals surface area contributed by atoms with Crippen molar-refractivity contribution < 1.29 is 5.11 Å². The van der Waals surface area contributed by atoms with Crippen LogP contribution in [0.4, 0.5) is 0 Å². The van der Waals surface area contributed by atoms with E-state index in [4.69, 9.17) is 5.11 Å². The molecule has 0 atom stereocenters. The molecule has 84 valence electrons. The first-order valence-electron chi connectivity index (χ1n) is 5.00. The van der Waals surface area contributed by atoms with Crippen LogP contribution in [0.1, 0.15) is 16.1 Å². The maximum atomic E-state index is 8.99. The lowest BCUT2D eigenvalue weighted by Crippen LogP contribution is -1.85. The zero-order valence-electron chi connectivity index (χ0n) is 9.23. The van der Waals surface area contributed by atoms with E-state index in [0.29, 0.717) is 0 Å². The first kappa shape index (κ1) is 11.6. The number of nitrogens with zero attached hydrogens (tertiary/aromatic N) is 1. The molecule has 0 spiro atoms. The van der Waals surface area contributed by atoms with E-state index in [9.17, 15) is 0 Å².